The van der Waals surface area contributed by atoms with Gasteiger partial charge in [-0.2, -0.15) is 0 Å². The first kappa shape index (κ1) is 9.98. The average molecular weight is 199 g/mol. The van der Waals surface area contributed by atoms with Gasteiger partial charge in [-0.25, -0.2) is 9.78 Å². The first-order chi connectivity index (χ1) is 6.08. The summed E-state index contributed by atoms with van der Waals surface area (Å²) in [4.78, 5) is 14.7. The highest BCUT2D eigenvalue weighted by Crippen LogP contribution is 2.17. The molecule has 2 amide bonds. The number of hydrogen-bond donors (Lipinski definition) is 2. The van der Waals surface area contributed by atoms with E-state index in [4.69, 9.17) is 5.73 Å². The molecule has 0 aliphatic carbocycles. The Morgan fingerprint density at radius 1 is 1.77 bits per heavy atom. The zero-order valence-corrected chi connectivity index (χ0v) is 8.52. The number of rotatable bonds is 3. The highest BCUT2D eigenvalue weighted by molar-refractivity contribution is 7.13. The molecule has 0 atom stereocenters. The molecule has 1 aromatic rings. The van der Waals surface area contributed by atoms with E-state index in [2.05, 4.69) is 24.1 Å². The van der Waals surface area contributed by atoms with E-state index in [1.54, 1.807) is 0 Å². The number of carbonyl (C=O) groups is 1. The van der Waals surface area contributed by atoms with Crippen molar-refractivity contribution in [1.82, 2.24) is 4.98 Å². The molecule has 1 heterocycles. The third-order valence-corrected chi connectivity index (χ3v) is 2.21. The zero-order chi connectivity index (χ0) is 9.84. The molecule has 0 saturated heterocycles. The molecule has 0 unspecified atom stereocenters. The number of anilines is 1. The minimum absolute atomic E-state index is 0.564. The zero-order valence-electron chi connectivity index (χ0n) is 7.70. The second kappa shape index (κ2) is 4.23. The standard InChI is InChI=1S/C8H13N3OS/c1-5(2)3-6-4-13-8(10-6)11-7(9)12/h4-5H,3H2,1-2H3,(H3,9,10,11,12). The number of nitrogens with two attached hydrogens (primary N) is 1. The number of hydrogen-bond acceptors (Lipinski definition) is 3. The number of urea groups is 1. The van der Waals surface area contributed by atoms with Gasteiger partial charge in [-0.3, -0.25) is 5.32 Å². The maximum absolute atomic E-state index is 10.5. The first-order valence-electron chi connectivity index (χ1n) is 4.09. The van der Waals surface area contributed by atoms with Gasteiger partial charge in [-0.15, -0.1) is 11.3 Å². The molecule has 0 aliphatic rings. The van der Waals surface area contributed by atoms with E-state index >= 15 is 0 Å². The predicted octanol–water partition coefficient (Wildman–Crippen LogP) is 1.83. The Bertz CT molecular complexity index is 295. The highest BCUT2D eigenvalue weighted by atomic mass is 32.1. The first-order valence-corrected chi connectivity index (χ1v) is 4.96. The number of primary amides is 1. The van der Waals surface area contributed by atoms with Crippen molar-refractivity contribution in [1.29, 1.82) is 0 Å². The Labute approximate surface area is 81.2 Å². The second-order valence-electron chi connectivity index (χ2n) is 3.23. The number of thiazole rings is 1. The molecule has 1 rings (SSSR count). The Balaban J connectivity index is 2.58. The Morgan fingerprint density at radius 2 is 2.46 bits per heavy atom. The van der Waals surface area contributed by atoms with Crippen LogP contribution < -0.4 is 11.1 Å². The summed E-state index contributed by atoms with van der Waals surface area (Å²) in [5.74, 6) is 0.573. The average Bonchev–Trinajstić information content (AvgIpc) is 2.33. The van der Waals surface area contributed by atoms with E-state index in [1.807, 2.05) is 5.38 Å². The van der Waals surface area contributed by atoms with Crippen LogP contribution in [0.15, 0.2) is 5.38 Å². The number of aromatic nitrogens is 1. The van der Waals surface area contributed by atoms with Gasteiger partial charge >= 0.3 is 6.03 Å². The van der Waals surface area contributed by atoms with Gasteiger partial charge in [-0.05, 0) is 12.3 Å². The molecule has 5 heteroatoms. The van der Waals surface area contributed by atoms with Crippen molar-refractivity contribution in [2.45, 2.75) is 20.3 Å². The van der Waals surface area contributed by atoms with Crippen molar-refractivity contribution in [2.75, 3.05) is 5.32 Å². The third-order valence-electron chi connectivity index (χ3n) is 1.40. The lowest BCUT2D eigenvalue weighted by Crippen LogP contribution is -2.19. The summed E-state index contributed by atoms with van der Waals surface area (Å²) in [7, 11) is 0. The normalized spacial score (nSPS) is 10.4. The molecule has 1 aromatic heterocycles. The lowest BCUT2D eigenvalue weighted by Gasteiger charge is -1.99. The van der Waals surface area contributed by atoms with Crippen LogP contribution >= 0.6 is 11.3 Å². The van der Waals surface area contributed by atoms with E-state index in [0.717, 1.165) is 12.1 Å². The van der Waals surface area contributed by atoms with E-state index in [-0.39, 0.29) is 0 Å². The van der Waals surface area contributed by atoms with Crippen molar-refractivity contribution in [2.24, 2.45) is 11.7 Å². The highest BCUT2D eigenvalue weighted by Gasteiger charge is 2.04. The van der Waals surface area contributed by atoms with Gasteiger partial charge < -0.3 is 5.73 Å². The number of nitrogens with one attached hydrogen (secondary N) is 1. The summed E-state index contributed by atoms with van der Waals surface area (Å²) in [6.45, 7) is 4.25. The molecule has 72 valence electrons. The Morgan fingerprint density at radius 3 is 3.00 bits per heavy atom. The number of nitrogens with zero attached hydrogens (tertiary/aromatic N) is 1. The van der Waals surface area contributed by atoms with Crippen molar-refractivity contribution >= 4 is 22.5 Å². The summed E-state index contributed by atoms with van der Waals surface area (Å²) in [5.41, 5.74) is 5.96. The van der Waals surface area contributed by atoms with Crippen LogP contribution in [-0.4, -0.2) is 11.0 Å². The van der Waals surface area contributed by atoms with Crippen LogP contribution in [0.4, 0.5) is 9.93 Å². The number of amides is 2. The molecule has 0 aliphatic heterocycles. The summed E-state index contributed by atoms with van der Waals surface area (Å²) < 4.78 is 0. The summed E-state index contributed by atoms with van der Waals surface area (Å²) >= 11 is 1.40. The summed E-state index contributed by atoms with van der Waals surface area (Å²) in [5, 5.41) is 4.95. The van der Waals surface area contributed by atoms with E-state index in [0.29, 0.717) is 11.0 Å². The Hall–Kier alpha value is -1.10. The van der Waals surface area contributed by atoms with E-state index < -0.39 is 6.03 Å². The Kier molecular flexibility index (Phi) is 3.25. The fourth-order valence-corrected chi connectivity index (χ4v) is 1.71. The molecular weight excluding hydrogens is 186 g/mol. The SMILES string of the molecule is CC(C)Cc1csc(NC(N)=O)n1. The van der Waals surface area contributed by atoms with Crippen molar-refractivity contribution in [3.8, 4) is 0 Å². The molecule has 0 spiro atoms. The molecule has 0 radical (unpaired) electrons. The number of carbonyl (C=O) groups excluding carboxylic acids is 1. The molecule has 13 heavy (non-hydrogen) atoms. The van der Waals surface area contributed by atoms with Crippen LogP contribution in [0.2, 0.25) is 0 Å². The smallest absolute Gasteiger partial charge is 0.318 e. The van der Waals surface area contributed by atoms with Gasteiger partial charge in [0.05, 0.1) is 5.69 Å². The van der Waals surface area contributed by atoms with Crippen LogP contribution in [-0.2, 0) is 6.42 Å². The molecule has 3 N–H and O–H groups in total. The third kappa shape index (κ3) is 3.42. The van der Waals surface area contributed by atoms with Crippen molar-refractivity contribution in [3.05, 3.63) is 11.1 Å². The second-order valence-corrected chi connectivity index (χ2v) is 4.09. The quantitative estimate of drug-likeness (QED) is 0.779. The topological polar surface area (TPSA) is 68.0 Å². The summed E-state index contributed by atoms with van der Waals surface area (Å²) in [6, 6.07) is -0.564. The van der Waals surface area contributed by atoms with Crippen LogP contribution in [0.25, 0.3) is 0 Å². The maximum Gasteiger partial charge on any atom is 0.318 e. The lowest BCUT2D eigenvalue weighted by molar-refractivity contribution is 0.259. The molecule has 0 fully saturated rings. The monoisotopic (exact) mass is 199 g/mol. The fourth-order valence-electron chi connectivity index (χ4n) is 0.982. The van der Waals surface area contributed by atoms with Gasteiger partial charge in [0.25, 0.3) is 0 Å². The van der Waals surface area contributed by atoms with Gasteiger partial charge in [0, 0.05) is 5.38 Å². The lowest BCUT2D eigenvalue weighted by atomic mass is 10.1. The van der Waals surface area contributed by atoms with Crippen LogP contribution in [0.1, 0.15) is 19.5 Å². The van der Waals surface area contributed by atoms with Gasteiger partial charge in [0.1, 0.15) is 0 Å². The van der Waals surface area contributed by atoms with Gasteiger partial charge in [0.2, 0.25) is 0 Å². The maximum atomic E-state index is 10.5. The van der Waals surface area contributed by atoms with E-state index in [1.165, 1.54) is 11.3 Å². The minimum atomic E-state index is -0.564. The molecule has 0 aromatic carbocycles. The summed E-state index contributed by atoms with van der Waals surface area (Å²) in [6.07, 6.45) is 0.928. The van der Waals surface area contributed by atoms with Crippen molar-refractivity contribution in [3.63, 3.8) is 0 Å². The molecule has 0 bridgehead atoms. The largest absolute Gasteiger partial charge is 0.351 e. The minimum Gasteiger partial charge on any atom is -0.351 e. The fraction of sp³-hybridized carbons (Fsp3) is 0.500. The van der Waals surface area contributed by atoms with Gasteiger partial charge in [-0.1, -0.05) is 13.8 Å². The van der Waals surface area contributed by atoms with Crippen molar-refractivity contribution < 1.29 is 4.79 Å². The molecule has 0 saturated carbocycles. The predicted molar refractivity (Wildman–Crippen MR) is 53.9 cm³/mol. The van der Waals surface area contributed by atoms with Crippen LogP contribution in [0.3, 0.4) is 0 Å². The van der Waals surface area contributed by atoms with Crippen LogP contribution in [0, 0.1) is 5.92 Å². The van der Waals surface area contributed by atoms with Crippen LogP contribution in [0.5, 0.6) is 0 Å². The molecular formula is C8H13N3OS. The van der Waals surface area contributed by atoms with E-state index in [9.17, 15) is 4.79 Å². The molecule has 4 nitrogen and oxygen atoms in total. The van der Waals surface area contributed by atoms with Gasteiger partial charge in [0.15, 0.2) is 5.13 Å².